The molecule has 1 amide bonds. The number of hydrogen-bond donors (Lipinski definition) is 1. The number of carbonyl (C=O) groups excluding carboxylic acids is 1. The molecule has 0 aromatic rings. The van der Waals surface area contributed by atoms with Crippen LogP contribution in [0.5, 0.6) is 0 Å². The van der Waals surface area contributed by atoms with E-state index >= 15 is 0 Å². The van der Waals surface area contributed by atoms with Gasteiger partial charge in [-0.3, -0.25) is 9.35 Å². The van der Waals surface area contributed by atoms with E-state index in [1.54, 1.807) is 0 Å². The highest BCUT2D eigenvalue weighted by Crippen LogP contribution is 2.31. The third-order valence-electron chi connectivity index (χ3n) is 2.36. The van der Waals surface area contributed by atoms with Crippen molar-refractivity contribution in [2.24, 2.45) is 0 Å². The van der Waals surface area contributed by atoms with Gasteiger partial charge in [-0.15, -0.1) is 6.58 Å². The van der Waals surface area contributed by atoms with Gasteiger partial charge in [0.15, 0.2) is 4.75 Å². The number of nitrogens with zero attached hydrogens (tertiary/aromatic N) is 1. The summed E-state index contributed by atoms with van der Waals surface area (Å²) in [6.45, 7) is 6.87. The van der Waals surface area contributed by atoms with Gasteiger partial charge in [0.25, 0.3) is 16.0 Å². The molecule has 0 saturated carbocycles. The SMILES string of the molecule is C=CN1CCC(C=C)(S(=O)(=O)O)C1=O. The van der Waals surface area contributed by atoms with Gasteiger partial charge in [0.1, 0.15) is 0 Å². The van der Waals surface area contributed by atoms with Crippen molar-refractivity contribution in [3.8, 4) is 0 Å². The molecular weight excluding hydrogens is 206 g/mol. The average molecular weight is 217 g/mol. The number of likely N-dealkylation sites (tertiary alicyclic amines) is 1. The number of hydrogen-bond acceptors (Lipinski definition) is 3. The van der Waals surface area contributed by atoms with Crippen LogP contribution in [0, 0.1) is 0 Å². The third kappa shape index (κ3) is 1.27. The predicted octanol–water partition coefficient (Wildman–Crippen LogP) is 0.175. The second-order valence-electron chi connectivity index (χ2n) is 3.00. The van der Waals surface area contributed by atoms with E-state index in [0.29, 0.717) is 0 Å². The van der Waals surface area contributed by atoms with E-state index in [-0.39, 0.29) is 13.0 Å². The van der Waals surface area contributed by atoms with Crippen molar-refractivity contribution in [3.63, 3.8) is 0 Å². The third-order valence-corrected chi connectivity index (χ3v) is 3.82. The molecule has 0 aromatic heterocycles. The summed E-state index contributed by atoms with van der Waals surface area (Å²) in [5.74, 6) is -0.704. The zero-order valence-electron chi connectivity index (χ0n) is 7.51. The molecule has 6 heteroatoms. The molecule has 0 spiro atoms. The molecule has 0 aromatic carbocycles. The summed E-state index contributed by atoms with van der Waals surface area (Å²) >= 11 is 0. The molecule has 78 valence electrons. The first kappa shape index (κ1) is 10.9. The first-order valence-electron chi connectivity index (χ1n) is 3.93. The fourth-order valence-corrected chi connectivity index (χ4v) is 2.34. The molecule has 0 bridgehead atoms. The molecule has 1 saturated heterocycles. The van der Waals surface area contributed by atoms with Crippen LogP contribution < -0.4 is 0 Å². The predicted molar refractivity (Wildman–Crippen MR) is 51.0 cm³/mol. The lowest BCUT2D eigenvalue weighted by Gasteiger charge is -2.18. The lowest BCUT2D eigenvalue weighted by Crippen LogP contribution is -2.43. The van der Waals surface area contributed by atoms with Crippen LogP contribution in [0.1, 0.15) is 6.42 Å². The largest absolute Gasteiger partial charge is 0.318 e. The van der Waals surface area contributed by atoms with Crippen molar-refractivity contribution >= 4 is 16.0 Å². The topological polar surface area (TPSA) is 74.7 Å². The van der Waals surface area contributed by atoms with E-state index in [4.69, 9.17) is 4.55 Å². The Balaban J connectivity index is 3.25. The summed E-state index contributed by atoms with van der Waals surface area (Å²) in [6, 6.07) is 0. The van der Waals surface area contributed by atoms with Crippen molar-refractivity contribution in [2.45, 2.75) is 11.2 Å². The van der Waals surface area contributed by atoms with Crippen LogP contribution in [0.15, 0.2) is 25.4 Å². The van der Waals surface area contributed by atoms with E-state index in [1.165, 1.54) is 6.20 Å². The fourth-order valence-electron chi connectivity index (χ4n) is 1.45. The summed E-state index contributed by atoms with van der Waals surface area (Å²) in [6.07, 6.45) is 2.20. The molecule has 1 rings (SSSR count). The van der Waals surface area contributed by atoms with Gasteiger partial charge < -0.3 is 4.90 Å². The summed E-state index contributed by atoms with van der Waals surface area (Å²) in [5, 5.41) is 0. The van der Waals surface area contributed by atoms with Crippen molar-refractivity contribution in [3.05, 3.63) is 25.4 Å². The zero-order valence-corrected chi connectivity index (χ0v) is 8.33. The molecule has 1 fully saturated rings. The van der Waals surface area contributed by atoms with Crippen LogP contribution in [-0.4, -0.2) is 35.1 Å². The number of rotatable bonds is 3. The van der Waals surface area contributed by atoms with E-state index in [9.17, 15) is 13.2 Å². The molecule has 5 nitrogen and oxygen atoms in total. The highest BCUT2D eigenvalue weighted by molar-refractivity contribution is 7.88. The fraction of sp³-hybridized carbons (Fsp3) is 0.375. The Bertz CT molecular complexity index is 386. The minimum atomic E-state index is -4.46. The Morgan fingerprint density at radius 1 is 1.50 bits per heavy atom. The normalized spacial score (nSPS) is 27.8. The molecule has 1 atom stereocenters. The molecule has 1 aliphatic rings. The first-order chi connectivity index (χ1) is 6.39. The monoisotopic (exact) mass is 217 g/mol. The van der Waals surface area contributed by atoms with Gasteiger partial charge in [-0.1, -0.05) is 12.7 Å². The molecule has 0 radical (unpaired) electrons. The average Bonchev–Trinajstić information content (AvgIpc) is 2.42. The lowest BCUT2D eigenvalue weighted by molar-refractivity contribution is -0.126. The van der Waals surface area contributed by atoms with Gasteiger partial charge in [0, 0.05) is 6.54 Å². The van der Waals surface area contributed by atoms with Crippen LogP contribution in [0.2, 0.25) is 0 Å². The summed E-state index contributed by atoms with van der Waals surface area (Å²) in [4.78, 5) is 12.7. The van der Waals surface area contributed by atoms with E-state index in [2.05, 4.69) is 13.2 Å². The minimum absolute atomic E-state index is 0.000185. The second-order valence-corrected chi connectivity index (χ2v) is 4.68. The Hall–Kier alpha value is -1.14. The van der Waals surface area contributed by atoms with Gasteiger partial charge in [-0.2, -0.15) is 8.42 Å². The molecule has 0 aliphatic carbocycles. The van der Waals surface area contributed by atoms with Crippen molar-refractivity contribution in [1.82, 2.24) is 4.90 Å². The van der Waals surface area contributed by atoms with Crippen LogP contribution in [0.3, 0.4) is 0 Å². The maximum Gasteiger partial charge on any atom is 0.283 e. The Morgan fingerprint density at radius 3 is 2.29 bits per heavy atom. The Labute approximate surface area is 82.5 Å². The quantitative estimate of drug-likeness (QED) is 0.540. The van der Waals surface area contributed by atoms with Gasteiger partial charge in [0.2, 0.25) is 0 Å². The highest BCUT2D eigenvalue weighted by atomic mass is 32.2. The molecule has 1 aliphatic heterocycles. The zero-order chi connectivity index (χ0) is 11.0. The van der Waals surface area contributed by atoms with Crippen molar-refractivity contribution in [2.75, 3.05) is 6.54 Å². The van der Waals surface area contributed by atoms with Gasteiger partial charge in [0.05, 0.1) is 0 Å². The summed E-state index contributed by atoms with van der Waals surface area (Å²) in [5.41, 5.74) is 0. The maximum absolute atomic E-state index is 11.6. The number of amides is 1. The Morgan fingerprint density at radius 2 is 2.07 bits per heavy atom. The highest BCUT2D eigenvalue weighted by Gasteiger charge is 2.53. The maximum atomic E-state index is 11.6. The van der Waals surface area contributed by atoms with Gasteiger partial charge in [-0.25, -0.2) is 0 Å². The second kappa shape index (κ2) is 3.21. The molecular formula is C8H11NO4S. The molecule has 1 unspecified atom stereocenters. The minimum Gasteiger partial charge on any atom is -0.318 e. The summed E-state index contributed by atoms with van der Waals surface area (Å²) < 4.78 is 29.2. The lowest BCUT2D eigenvalue weighted by atomic mass is 10.1. The van der Waals surface area contributed by atoms with Crippen molar-refractivity contribution in [1.29, 1.82) is 0 Å². The Kier molecular flexibility index (Phi) is 2.51. The van der Waals surface area contributed by atoms with E-state index < -0.39 is 20.8 Å². The van der Waals surface area contributed by atoms with Crippen LogP contribution in [0.25, 0.3) is 0 Å². The number of carbonyl (C=O) groups is 1. The smallest absolute Gasteiger partial charge is 0.283 e. The molecule has 1 N–H and O–H groups in total. The van der Waals surface area contributed by atoms with Crippen LogP contribution >= 0.6 is 0 Å². The van der Waals surface area contributed by atoms with Gasteiger partial charge in [-0.05, 0) is 12.6 Å². The van der Waals surface area contributed by atoms with Crippen LogP contribution in [-0.2, 0) is 14.9 Å². The van der Waals surface area contributed by atoms with Crippen LogP contribution in [0.4, 0.5) is 0 Å². The molecule has 14 heavy (non-hydrogen) atoms. The van der Waals surface area contributed by atoms with Crippen molar-refractivity contribution < 1.29 is 17.8 Å². The standard InChI is InChI=1S/C8H11NO4S/c1-3-8(14(11,12)13)5-6-9(4-2)7(8)10/h3-4H,1-2,5-6H2,(H,11,12,13). The first-order valence-corrected chi connectivity index (χ1v) is 5.37. The van der Waals surface area contributed by atoms with Gasteiger partial charge >= 0.3 is 0 Å². The summed E-state index contributed by atoms with van der Waals surface area (Å²) in [7, 11) is -4.46. The van der Waals surface area contributed by atoms with E-state index in [1.807, 2.05) is 0 Å². The van der Waals surface area contributed by atoms with E-state index in [0.717, 1.165) is 11.0 Å². The molecule has 1 heterocycles.